The predicted molar refractivity (Wildman–Crippen MR) is 71.1 cm³/mol. The van der Waals surface area contributed by atoms with E-state index in [0.717, 1.165) is 19.4 Å². The largest absolute Gasteiger partial charge is 0.380 e. The van der Waals surface area contributed by atoms with E-state index in [2.05, 4.69) is 29.7 Å². The molecule has 1 heterocycles. The van der Waals surface area contributed by atoms with E-state index in [0.29, 0.717) is 13.2 Å². The summed E-state index contributed by atoms with van der Waals surface area (Å²) in [5.74, 6) is 5.57. The van der Waals surface area contributed by atoms with Crippen molar-refractivity contribution in [2.24, 2.45) is 5.84 Å². The Morgan fingerprint density at radius 3 is 3.11 bits per heavy atom. The van der Waals surface area contributed by atoms with Crippen molar-refractivity contribution in [3.05, 3.63) is 35.4 Å². The molecule has 100 valence electrons. The summed E-state index contributed by atoms with van der Waals surface area (Å²) in [6.45, 7) is 4.10. The van der Waals surface area contributed by atoms with Crippen LogP contribution in [-0.2, 0) is 15.9 Å². The first-order valence-corrected chi connectivity index (χ1v) is 6.58. The number of rotatable bonds is 6. The standard InChI is InChI=1S/C14H22N2O2/c1-2-17-10-12(16-15)9-14-13-6-4-3-5-11(13)7-8-18-14/h3-6,12,14,16H,2,7-10,15H2,1H3. The van der Waals surface area contributed by atoms with E-state index >= 15 is 0 Å². The molecule has 0 aliphatic carbocycles. The number of hydrogen-bond acceptors (Lipinski definition) is 4. The molecule has 0 saturated heterocycles. The van der Waals surface area contributed by atoms with E-state index in [1.807, 2.05) is 6.92 Å². The highest BCUT2D eigenvalue weighted by Gasteiger charge is 2.23. The molecule has 18 heavy (non-hydrogen) atoms. The first-order chi connectivity index (χ1) is 8.85. The predicted octanol–water partition coefficient (Wildman–Crippen LogP) is 1.56. The molecule has 4 nitrogen and oxygen atoms in total. The van der Waals surface area contributed by atoms with Crippen molar-refractivity contribution >= 4 is 0 Å². The van der Waals surface area contributed by atoms with E-state index in [1.165, 1.54) is 11.1 Å². The quantitative estimate of drug-likeness (QED) is 0.594. The van der Waals surface area contributed by atoms with E-state index in [1.54, 1.807) is 0 Å². The molecule has 1 aliphatic heterocycles. The molecular weight excluding hydrogens is 228 g/mol. The Morgan fingerprint density at radius 2 is 2.33 bits per heavy atom. The van der Waals surface area contributed by atoms with E-state index < -0.39 is 0 Å². The van der Waals surface area contributed by atoms with Gasteiger partial charge in [-0.15, -0.1) is 0 Å². The molecule has 0 radical (unpaired) electrons. The van der Waals surface area contributed by atoms with Crippen LogP contribution in [0.3, 0.4) is 0 Å². The molecule has 2 atom stereocenters. The van der Waals surface area contributed by atoms with Gasteiger partial charge in [0.05, 0.1) is 19.3 Å². The number of hydrogen-bond donors (Lipinski definition) is 2. The number of ether oxygens (including phenoxy) is 2. The Kier molecular flexibility index (Phi) is 5.13. The van der Waals surface area contributed by atoms with Gasteiger partial charge in [0, 0.05) is 12.6 Å². The van der Waals surface area contributed by atoms with Crippen LogP contribution in [0.15, 0.2) is 24.3 Å². The minimum Gasteiger partial charge on any atom is -0.380 e. The summed E-state index contributed by atoms with van der Waals surface area (Å²) in [5.41, 5.74) is 5.49. The van der Waals surface area contributed by atoms with Gasteiger partial charge in [0.2, 0.25) is 0 Å². The fourth-order valence-electron chi connectivity index (χ4n) is 2.37. The fourth-order valence-corrected chi connectivity index (χ4v) is 2.37. The lowest BCUT2D eigenvalue weighted by Gasteiger charge is -2.29. The highest BCUT2D eigenvalue weighted by molar-refractivity contribution is 5.31. The van der Waals surface area contributed by atoms with Crippen LogP contribution in [-0.4, -0.2) is 25.9 Å². The van der Waals surface area contributed by atoms with Crippen molar-refractivity contribution in [1.82, 2.24) is 5.43 Å². The van der Waals surface area contributed by atoms with Gasteiger partial charge in [-0.2, -0.15) is 0 Å². The molecule has 2 unspecified atom stereocenters. The zero-order valence-electron chi connectivity index (χ0n) is 10.9. The van der Waals surface area contributed by atoms with Crippen LogP contribution < -0.4 is 11.3 Å². The second-order valence-corrected chi connectivity index (χ2v) is 4.57. The Bertz CT molecular complexity index is 371. The maximum atomic E-state index is 5.87. The summed E-state index contributed by atoms with van der Waals surface area (Å²) in [6, 6.07) is 8.60. The van der Waals surface area contributed by atoms with Gasteiger partial charge in [0.25, 0.3) is 0 Å². The number of nitrogens with two attached hydrogens (primary N) is 1. The van der Waals surface area contributed by atoms with Crippen LogP contribution in [0.4, 0.5) is 0 Å². The summed E-state index contributed by atoms with van der Waals surface area (Å²) in [4.78, 5) is 0. The van der Waals surface area contributed by atoms with Crippen LogP contribution in [0.25, 0.3) is 0 Å². The molecule has 1 aromatic rings. The van der Waals surface area contributed by atoms with Crippen molar-refractivity contribution in [1.29, 1.82) is 0 Å². The monoisotopic (exact) mass is 250 g/mol. The number of benzene rings is 1. The molecule has 1 aliphatic rings. The molecule has 2 rings (SSSR count). The summed E-state index contributed by atoms with van der Waals surface area (Å²) in [6.07, 6.45) is 1.96. The summed E-state index contributed by atoms with van der Waals surface area (Å²) in [7, 11) is 0. The van der Waals surface area contributed by atoms with Crippen molar-refractivity contribution < 1.29 is 9.47 Å². The lowest BCUT2D eigenvalue weighted by atomic mass is 9.94. The van der Waals surface area contributed by atoms with Gasteiger partial charge in [0.15, 0.2) is 0 Å². The highest BCUT2D eigenvalue weighted by atomic mass is 16.5. The maximum absolute atomic E-state index is 5.87. The Balaban J connectivity index is 2.01. The zero-order chi connectivity index (χ0) is 12.8. The molecule has 0 amide bonds. The van der Waals surface area contributed by atoms with Crippen LogP contribution in [0.1, 0.15) is 30.6 Å². The average molecular weight is 250 g/mol. The van der Waals surface area contributed by atoms with Gasteiger partial charge in [-0.1, -0.05) is 24.3 Å². The first-order valence-electron chi connectivity index (χ1n) is 6.58. The first kappa shape index (κ1) is 13.5. The maximum Gasteiger partial charge on any atom is 0.0844 e. The Hall–Kier alpha value is -0.940. The summed E-state index contributed by atoms with van der Waals surface area (Å²) in [5, 5.41) is 0. The molecule has 3 N–H and O–H groups in total. The molecule has 0 saturated carbocycles. The molecule has 0 bridgehead atoms. The average Bonchev–Trinajstić information content (AvgIpc) is 2.43. The van der Waals surface area contributed by atoms with Gasteiger partial charge in [-0.05, 0) is 30.9 Å². The van der Waals surface area contributed by atoms with E-state index in [4.69, 9.17) is 15.3 Å². The zero-order valence-corrected chi connectivity index (χ0v) is 10.9. The van der Waals surface area contributed by atoms with Crippen LogP contribution in [0.5, 0.6) is 0 Å². The van der Waals surface area contributed by atoms with Crippen LogP contribution in [0.2, 0.25) is 0 Å². The fraction of sp³-hybridized carbons (Fsp3) is 0.571. The number of fused-ring (bicyclic) bond motifs is 1. The van der Waals surface area contributed by atoms with E-state index in [-0.39, 0.29) is 12.1 Å². The number of nitrogens with one attached hydrogen (secondary N) is 1. The molecule has 4 heteroatoms. The Morgan fingerprint density at radius 1 is 1.50 bits per heavy atom. The molecule has 0 aromatic heterocycles. The third-order valence-corrected chi connectivity index (χ3v) is 3.35. The molecule has 0 spiro atoms. The van der Waals surface area contributed by atoms with Crippen LogP contribution in [0, 0.1) is 0 Å². The van der Waals surface area contributed by atoms with Crippen LogP contribution >= 0.6 is 0 Å². The minimum absolute atomic E-state index is 0.122. The van der Waals surface area contributed by atoms with E-state index in [9.17, 15) is 0 Å². The van der Waals surface area contributed by atoms with Crippen molar-refractivity contribution in [3.63, 3.8) is 0 Å². The molecule has 1 aromatic carbocycles. The highest BCUT2D eigenvalue weighted by Crippen LogP contribution is 2.30. The Labute approximate surface area is 108 Å². The molecule has 0 fully saturated rings. The minimum atomic E-state index is 0.122. The lowest BCUT2D eigenvalue weighted by Crippen LogP contribution is -2.40. The smallest absolute Gasteiger partial charge is 0.0844 e. The topological polar surface area (TPSA) is 56.5 Å². The lowest BCUT2D eigenvalue weighted by molar-refractivity contribution is 0.0181. The second kappa shape index (κ2) is 6.85. The SMILES string of the molecule is CCOCC(CC1OCCc2ccccc21)NN. The van der Waals surface area contributed by atoms with Crippen molar-refractivity contribution in [3.8, 4) is 0 Å². The number of hydrazine groups is 1. The molecular formula is C14H22N2O2. The second-order valence-electron chi connectivity index (χ2n) is 4.57. The third kappa shape index (κ3) is 3.29. The summed E-state index contributed by atoms with van der Waals surface area (Å²) < 4.78 is 11.3. The van der Waals surface area contributed by atoms with Crippen molar-refractivity contribution in [2.75, 3.05) is 19.8 Å². The van der Waals surface area contributed by atoms with Gasteiger partial charge in [-0.3, -0.25) is 11.3 Å². The van der Waals surface area contributed by atoms with Gasteiger partial charge >= 0.3 is 0 Å². The normalized spacial score (nSPS) is 20.4. The van der Waals surface area contributed by atoms with Gasteiger partial charge < -0.3 is 9.47 Å². The van der Waals surface area contributed by atoms with Gasteiger partial charge in [-0.25, -0.2) is 0 Å². The van der Waals surface area contributed by atoms with Crippen molar-refractivity contribution in [2.45, 2.75) is 31.9 Å². The third-order valence-electron chi connectivity index (χ3n) is 3.35. The van der Waals surface area contributed by atoms with Gasteiger partial charge in [0.1, 0.15) is 0 Å². The summed E-state index contributed by atoms with van der Waals surface area (Å²) >= 11 is 0.